The first-order valence-electron chi connectivity index (χ1n) is 7.84. The standard InChI is InChI=1S/C17H20N2O4S/c20-17(18-15-8-10-24(21,22)13-15)19(12-16-7-4-9-23-16)11-14-5-2-1-3-6-14/h1-7,9,15H,8,10-13H2,(H,18,20). The van der Waals surface area contributed by atoms with Gasteiger partial charge in [-0.1, -0.05) is 30.3 Å². The highest BCUT2D eigenvalue weighted by atomic mass is 32.2. The van der Waals surface area contributed by atoms with Crippen molar-refractivity contribution in [3.8, 4) is 0 Å². The van der Waals surface area contributed by atoms with Crippen LogP contribution in [0.25, 0.3) is 0 Å². The van der Waals surface area contributed by atoms with Gasteiger partial charge >= 0.3 is 6.03 Å². The van der Waals surface area contributed by atoms with E-state index in [9.17, 15) is 13.2 Å². The molecular weight excluding hydrogens is 328 g/mol. The summed E-state index contributed by atoms with van der Waals surface area (Å²) in [6, 6.07) is 12.6. The van der Waals surface area contributed by atoms with Crippen molar-refractivity contribution in [2.45, 2.75) is 25.6 Å². The number of furan rings is 1. The van der Waals surface area contributed by atoms with E-state index in [-0.39, 0.29) is 23.6 Å². The molecule has 1 aromatic heterocycles. The molecule has 0 aliphatic carbocycles. The third kappa shape index (κ3) is 4.38. The van der Waals surface area contributed by atoms with Crippen molar-refractivity contribution in [3.63, 3.8) is 0 Å². The van der Waals surface area contributed by atoms with Gasteiger partial charge in [-0.2, -0.15) is 0 Å². The van der Waals surface area contributed by atoms with Gasteiger partial charge in [0.1, 0.15) is 5.76 Å². The molecule has 7 heteroatoms. The number of nitrogens with one attached hydrogen (secondary N) is 1. The van der Waals surface area contributed by atoms with Gasteiger partial charge in [-0.25, -0.2) is 13.2 Å². The molecule has 1 aromatic carbocycles. The summed E-state index contributed by atoms with van der Waals surface area (Å²) in [6.07, 6.45) is 2.03. The molecule has 24 heavy (non-hydrogen) atoms. The number of benzene rings is 1. The molecule has 1 saturated heterocycles. The van der Waals surface area contributed by atoms with Crippen molar-refractivity contribution in [1.82, 2.24) is 10.2 Å². The average molecular weight is 348 g/mol. The first kappa shape index (κ1) is 16.6. The predicted molar refractivity (Wildman–Crippen MR) is 90.0 cm³/mol. The number of amides is 2. The second-order valence-corrected chi connectivity index (χ2v) is 8.20. The van der Waals surface area contributed by atoms with Crippen molar-refractivity contribution in [2.24, 2.45) is 0 Å². The molecular formula is C17H20N2O4S. The number of carbonyl (C=O) groups is 1. The van der Waals surface area contributed by atoms with Crippen LogP contribution in [0.5, 0.6) is 0 Å². The maximum absolute atomic E-state index is 12.6. The van der Waals surface area contributed by atoms with Gasteiger partial charge in [0, 0.05) is 12.6 Å². The van der Waals surface area contributed by atoms with Crippen molar-refractivity contribution < 1.29 is 17.6 Å². The lowest BCUT2D eigenvalue weighted by atomic mass is 10.2. The zero-order chi connectivity index (χ0) is 17.0. The third-order valence-electron chi connectivity index (χ3n) is 3.99. The van der Waals surface area contributed by atoms with E-state index in [1.165, 1.54) is 0 Å². The number of hydrogen-bond donors (Lipinski definition) is 1. The topological polar surface area (TPSA) is 79.6 Å². The molecule has 1 N–H and O–H groups in total. The Labute approximate surface area is 141 Å². The average Bonchev–Trinajstić information content (AvgIpc) is 3.17. The van der Waals surface area contributed by atoms with Gasteiger partial charge in [-0.3, -0.25) is 0 Å². The van der Waals surface area contributed by atoms with Crippen LogP contribution < -0.4 is 5.32 Å². The molecule has 0 radical (unpaired) electrons. The van der Waals surface area contributed by atoms with Crippen LogP contribution in [0.3, 0.4) is 0 Å². The van der Waals surface area contributed by atoms with E-state index >= 15 is 0 Å². The molecule has 2 aromatic rings. The van der Waals surface area contributed by atoms with Crippen LogP contribution in [0.15, 0.2) is 53.1 Å². The van der Waals surface area contributed by atoms with Gasteiger partial charge in [0.25, 0.3) is 0 Å². The number of sulfone groups is 1. The highest BCUT2D eigenvalue weighted by Gasteiger charge is 2.30. The smallest absolute Gasteiger partial charge is 0.318 e. The Kier molecular flexibility index (Phi) is 4.89. The summed E-state index contributed by atoms with van der Waals surface area (Å²) in [4.78, 5) is 14.2. The molecule has 1 atom stereocenters. The Bertz CT molecular complexity index is 772. The lowest BCUT2D eigenvalue weighted by molar-refractivity contribution is 0.184. The quantitative estimate of drug-likeness (QED) is 0.898. The Morgan fingerprint density at radius 3 is 2.58 bits per heavy atom. The Morgan fingerprint density at radius 1 is 1.17 bits per heavy atom. The van der Waals surface area contributed by atoms with E-state index in [4.69, 9.17) is 4.42 Å². The normalized spacial score (nSPS) is 19.1. The van der Waals surface area contributed by atoms with Crippen molar-refractivity contribution >= 4 is 15.9 Å². The lowest BCUT2D eigenvalue weighted by Gasteiger charge is -2.24. The second kappa shape index (κ2) is 7.09. The predicted octanol–water partition coefficient (Wildman–Crippen LogP) is 2.18. The van der Waals surface area contributed by atoms with E-state index in [1.807, 2.05) is 36.4 Å². The Balaban J connectivity index is 1.69. The molecule has 1 aliphatic heterocycles. The third-order valence-corrected chi connectivity index (χ3v) is 5.76. The maximum atomic E-state index is 12.6. The molecule has 0 saturated carbocycles. The molecule has 1 aliphatic rings. The fraction of sp³-hybridized carbons (Fsp3) is 0.353. The fourth-order valence-corrected chi connectivity index (χ4v) is 4.44. The van der Waals surface area contributed by atoms with Crippen LogP contribution in [0.4, 0.5) is 4.79 Å². The van der Waals surface area contributed by atoms with Gasteiger partial charge in [0.05, 0.1) is 24.3 Å². The van der Waals surface area contributed by atoms with E-state index in [2.05, 4.69) is 5.32 Å². The molecule has 3 rings (SSSR count). The fourth-order valence-electron chi connectivity index (χ4n) is 2.77. The summed E-state index contributed by atoms with van der Waals surface area (Å²) in [5, 5.41) is 2.83. The van der Waals surface area contributed by atoms with E-state index in [0.717, 1.165) is 5.56 Å². The number of urea groups is 1. The summed E-state index contributed by atoms with van der Waals surface area (Å²) < 4.78 is 28.5. The molecule has 2 amide bonds. The number of nitrogens with zero attached hydrogens (tertiary/aromatic N) is 1. The van der Waals surface area contributed by atoms with E-state index in [1.54, 1.807) is 17.2 Å². The summed E-state index contributed by atoms with van der Waals surface area (Å²) >= 11 is 0. The van der Waals surface area contributed by atoms with Crippen LogP contribution in [0.1, 0.15) is 17.7 Å². The van der Waals surface area contributed by atoms with Crippen molar-refractivity contribution in [3.05, 3.63) is 60.1 Å². The largest absolute Gasteiger partial charge is 0.467 e. The van der Waals surface area contributed by atoms with Crippen LogP contribution in [-0.4, -0.2) is 36.9 Å². The molecule has 2 heterocycles. The summed E-state index contributed by atoms with van der Waals surface area (Å²) in [6.45, 7) is 0.750. The molecule has 1 unspecified atom stereocenters. The molecule has 1 fully saturated rings. The molecule has 0 spiro atoms. The summed E-state index contributed by atoms with van der Waals surface area (Å²) in [5.41, 5.74) is 0.998. The summed E-state index contributed by atoms with van der Waals surface area (Å²) in [5.74, 6) is 0.827. The highest BCUT2D eigenvalue weighted by Crippen LogP contribution is 2.14. The minimum Gasteiger partial charge on any atom is -0.467 e. The second-order valence-electron chi connectivity index (χ2n) is 5.97. The number of rotatable bonds is 5. The van der Waals surface area contributed by atoms with Crippen molar-refractivity contribution in [1.29, 1.82) is 0 Å². The maximum Gasteiger partial charge on any atom is 0.318 e. The lowest BCUT2D eigenvalue weighted by Crippen LogP contribution is -2.44. The minimum atomic E-state index is -3.03. The minimum absolute atomic E-state index is 0.0126. The van der Waals surface area contributed by atoms with Gasteiger partial charge < -0.3 is 14.6 Å². The molecule has 6 nitrogen and oxygen atoms in total. The van der Waals surface area contributed by atoms with Gasteiger partial charge in [-0.05, 0) is 24.1 Å². The van der Waals surface area contributed by atoms with Crippen molar-refractivity contribution in [2.75, 3.05) is 11.5 Å². The van der Waals surface area contributed by atoms with Gasteiger partial charge in [0.2, 0.25) is 0 Å². The zero-order valence-electron chi connectivity index (χ0n) is 13.2. The van der Waals surface area contributed by atoms with Crippen LogP contribution in [-0.2, 0) is 22.9 Å². The number of hydrogen-bond acceptors (Lipinski definition) is 4. The molecule has 128 valence electrons. The SMILES string of the molecule is O=C(NC1CCS(=O)(=O)C1)N(Cc1ccccc1)Cc1ccco1. The zero-order valence-corrected chi connectivity index (χ0v) is 14.0. The van der Waals surface area contributed by atoms with E-state index in [0.29, 0.717) is 25.3 Å². The van der Waals surface area contributed by atoms with E-state index < -0.39 is 9.84 Å². The van der Waals surface area contributed by atoms with Crippen LogP contribution in [0.2, 0.25) is 0 Å². The first-order valence-corrected chi connectivity index (χ1v) is 9.66. The number of carbonyl (C=O) groups excluding carboxylic acids is 1. The van der Waals surface area contributed by atoms with Gasteiger partial charge in [-0.15, -0.1) is 0 Å². The first-order chi connectivity index (χ1) is 11.5. The highest BCUT2D eigenvalue weighted by molar-refractivity contribution is 7.91. The summed E-state index contributed by atoms with van der Waals surface area (Å²) in [7, 11) is -3.03. The Morgan fingerprint density at radius 2 is 1.96 bits per heavy atom. The Hall–Kier alpha value is -2.28. The van der Waals surface area contributed by atoms with Crippen LogP contribution >= 0.6 is 0 Å². The van der Waals surface area contributed by atoms with Gasteiger partial charge in [0.15, 0.2) is 9.84 Å². The molecule has 0 bridgehead atoms. The monoisotopic (exact) mass is 348 g/mol. The van der Waals surface area contributed by atoms with Crippen LogP contribution in [0, 0.1) is 0 Å².